The fraction of sp³-hybridized carbons (Fsp3) is 0.188. The Bertz CT molecular complexity index is 644. The van der Waals surface area contributed by atoms with Gasteiger partial charge in [-0.15, -0.1) is 0 Å². The van der Waals surface area contributed by atoms with Crippen LogP contribution in [0.3, 0.4) is 0 Å². The molecule has 110 valence electrons. The zero-order chi connectivity index (χ0) is 15.2. The molecule has 0 aliphatic heterocycles. The Hall–Kier alpha value is -1.71. The van der Waals surface area contributed by atoms with Crippen molar-refractivity contribution in [1.82, 2.24) is 5.32 Å². The highest BCUT2D eigenvalue weighted by molar-refractivity contribution is 6.42. The highest BCUT2D eigenvalue weighted by atomic mass is 35.5. The highest BCUT2D eigenvalue weighted by Crippen LogP contribution is 2.23. The van der Waals surface area contributed by atoms with Gasteiger partial charge in [0, 0.05) is 6.54 Å². The van der Waals surface area contributed by atoms with Crippen LogP contribution in [-0.4, -0.2) is 12.5 Å². The molecule has 5 heteroatoms. The Kier molecular flexibility index (Phi) is 5.48. The first-order chi connectivity index (χ1) is 10.1. The van der Waals surface area contributed by atoms with Crippen molar-refractivity contribution in [3.8, 4) is 5.75 Å². The van der Waals surface area contributed by atoms with E-state index in [9.17, 15) is 4.79 Å². The van der Waals surface area contributed by atoms with Crippen LogP contribution < -0.4 is 10.1 Å². The van der Waals surface area contributed by atoms with Gasteiger partial charge in [-0.25, -0.2) is 0 Å². The van der Waals surface area contributed by atoms with Crippen molar-refractivity contribution in [2.45, 2.75) is 13.5 Å². The molecule has 0 aliphatic carbocycles. The number of para-hydroxylation sites is 1. The van der Waals surface area contributed by atoms with E-state index in [4.69, 9.17) is 27.9 Å². The first kappa shape index (κ1) is 15.7. The molecule has 0 aromatic heterocycles. The number of benzene rings is 2. The molecule has 1 N–H and O–H groups in total. The minimum atomic E-state index is -0.190. The topological polar surface area (TPSA) is 38.3 Å². The van der Waals surface area contributed by atoms with E-state index >= 15 is 0 Å². The van der Waals surface area contributed by atoms with E-state index in [1.807, 2.05) is 19.1 Å². The summed E-state index contributed by atoms with van der Waals surface area (Å²) in [5.41, 5.74) is 1.39. The smallest absolute Gasteiger partial charge is 0.255 e. The van der Waals surface area contributed by atoms with Gasteiger partial charge in [-0.05, 0) is 36.8 Å². The van der Waals surface area contributed by atoms with Gasteiger partial charge in [0.1, 0.15) is 5.75 Å². The molecule has 0 atom stereocenters. The van der Waals surface area contributed by atoms with E-state index in [2.05, 4.69) is 5.32 Å². The number of amides is 1. The van der Waals surface area contributed by atoms with Crippen LogP contribution in [0.4, 0.5) is 0 Å². The standard InChI is InChI=1S/C16H15Cl2NO2/c1-2-21-15-6-4-3-5-12(15)16(20)19-10-11-7-8-13(17)14(18)9-11/h3-9H,2,10H2,1H3,(H,19,20). The first-order valence-electron chi connectivity index (χ1n) is 6.55. The van der Waals surface area contributed by atoms with Crippen LogP contribution in [0, 0.1) is 0 Å². The molecule has 1 amide bonds. The van der Waals surface area contributed by atoms with Gasteiger partial charge in [0.05, 0.1) is 22.2 Å². The molecule has 0 unspecified atom stereocenters. The Morgan fingerprint density at radius 1 is 1.14 bits per heavy atom. The average Bonchev–Trinajstić information content (AvgIpc) is 2.49. The predicted molar refractivity (Wildman–Crippen MR) is 85.2 cm³/mol. The Labute approximate surface area is 133 Å². The summed E-state index contributed by atoms with van der Waals surface area (Å²) in [6.45, 7) is 2.76. The maximum Gasteiger partial charge on any atom is 0.255 e. The van der Waals surface area contributed by atoms with E-state index in [0.29, 0.717) is 34.5 Å². The van der Waals surface area contributed by atoms with Crippen LogP contribution in [0.1, 0.15) is 22.8 Å². The molecule has 0 heterocycles. The molecular formula is C16H15Cl2NO2. The van der Waals surface area contributed by atoms with Gasteiger partial charge in [-0.1, -0.05) is 41.4 Å². The first-order valence-corrected chi connectivity index (χ1v) is 7.31. The SMILES string of the molecule is CCOc1ccccc1C(=O)NCc1ccc(Cl)c(Cl)c1. The van der Waals surface area contributed by atoms with Crippen LogP contribution >= 0.6 is 23.2 Å². The summed E-state index contributed by atoms with van der Waals surface area (Å²) in [5.74, 6) is 0.386. The van der Waals surface area contributed by atoms with Gasteiger partial charge >= 0.3 is 0 Å². The summed E-state index contributed by atoms with van der Waals surface area (Å²) in [7, 11) is 0. The van der Waals surface area contributed by atoms with Gasteiger partial charge in [0.25, 0.3) is 5.91 Å². The summed E-state index contributed by atoms with van der Waals surface area (Å²) < 4.78 is 5.45. The third kappa shape index (κ3) is 4.13. The van der Waals surface area contributed by atoms with Crippen LogP contribution in [0.15, 0.2) is 42.5 Å². The lowest BCUT2D eigenvalue weighted by Crippen LogP contribution is -2.23. The second-order valence-corrected chi connectivity index (χ2v) is 5.17. The summed E-state index contributed by atoms with van der Waals surface area (Å²) >= 11 is 11.8. The van der Waals surface area contributed by atoms with E-state index < -0.39 is 0 Å². The lowest BCUT2D eigenvalue weighted by Gasteiger charge is -2.10. The largest absolute Gasteiger partial charge is 0.493 e. The normalized spacial score (nSPS) is 10.2. The molecule has 2 aromatic carbocycles. The molecule has 0 saturated heterocycles. The molecule has 0 saturated carbocycles. The quantitative estimate of drug-likeness (QED) is 0.889. The summed E-state index contributed by atoms with van der Waals surface area (Å²) in [6.07, 6.45) is 0. The summed E-state index contributed by atoms with van der Waals surface area (Å²) in [6, 6.07) is 12.4. The van der Waals surface area contributed by atoms with E-state index in [0.717, 1.165) is 5.56 Å². The second-order valence-electron chi connectivity index (χ2n) is 4.36. The van der Waals surface area contributed by atoms with E-state index in [-0.39, 0.29) is 5.91 Å². The number of carbonyl (C=O) groups excluding carboxylic acids is 1. The third-order valence-electron chi connectivity index (χ3n) is 2.87. The molecule has 3 nitrogen and oxygen atoms in total. The Balaban J connectivity index is 2.06. The monoisotopic (exact) mass is 323 g/mol. The summed E-state index contributed by atoms with van der Waals surface area (Å²) in [4.78, 5) is 12.2. The highest BCUT2D eigenvalue weighted by Gasteiger charge is 2.11. The maximum absolute atomic E-state index is 12.2. The lowest BCUT2D eigenvalue weighted by molar-refractivity contribution is 0.0947. The van der Waals surface area contributed by atoms with Crippen LogP contribution in [0.5, 0.6) is 5.75 Å². The van der Waals surface area contributed by atoms with Gasteiger partial charge < -0.3 is 10.1 Å². The number of rotatable bonds is 5. The number of halogens is 2. The minimum Gasteiger partial charge on any atom is -0.493 e. The van der Waals surface area contributed by atoms with Gasteiger partial charge in [-0.2, -0.15) is 0 Å². The molecule has 21 heavy (non-hydrogen) atoms. The van der Waals surface area contributed by atoms with Crippen molar-refractivity contribution in [3.05, 3.63) is 63.6 Å². The Morgan fingerprint density at radius 3 is 2.62 bits per heavy atom. The fourth-order valence-electron chi connectivity index (χ4n) is 1.86. The molecule has 0 aliphatic rings. The van der Waals surface area contributed by atoms with Crippen molar-refractivity contribution in [1.29, 1.82) is 0 Å². The maximum atomic E-state index is 12.2. The number of ether oxygens (including phenoxy) is 1. The number of carbonyl (C=O) groups is 1. The van der Waals surface area contributed by atoms with Gasteiger partial charge in [-0.3, -0.25) is 4.79 Å². The Morgan fingerprint density at radius 2 is 1.90 bits per heavy atom. The molecule has 2 rings (SSSR count). The van der Waals surface area contributed by atoms with Gasteiger partial charge in [0.2, 0.25) is 0 Å². The van der Waals surface area contributed by atoms with Crippen molar-refractivity contribution in [2.24, 2.45) is 0 Å². The van der Waals surface area contributed by atoms with Crippen molar-refractivity contribution in [2.75, 3.05) is 6.61 Å². The molecule has 0 bridgehead atoms. The number of hydrogen-bond donors (Lipinski definition) is 1. The summed E-state index contributed by atoms with van der Waals surface area (Å²) in [5, 5.41) is 3.80. The number of nitrogens with one attached hydrogen (secondary N) is 1. The van der Waals surface area contributed by atoms with Gasteiger partial charge in [0.15, 0.2) is 0 Å². The van der Waals surface area contributed by atoms with Crippen LogP contribution in [0.25, 0.3) is 0 Å². The zero-order valence-electron chi connectivity index (χ0n) is 11.5. The van der Waals surface area contributed by atoms with Crippen LogP contribution in [0.2, 0.25) is 10.0 Å². The molecule has 0 radical (unpaired) electrons. The molecule has 0 spiro atoms. The minimum absolute atomic E-state index is 0.190. The molecule has 0 fully saturated rings. The predicted octanol–water partition coefficient (Wildman–Crippen LogP) is 4.32. The molecular weight excluding hydrogens is 309 g/mol. The fourth-order valence-corrected chi connectivity index (χ4v) is 2.18. The second kappa shape index (κ2) is 7.34. The lowest BCUT2D eigenvalue weighted by atomic mass is 10.1. The zero-order valence-corrected chi connectivity index (χ0v) is 13.0. The van der Waals surface area contributed by atoms with Crippen molar-refractivity contribution in [3.63, 3.8) is 0 Å². The average molecular weight is 324 g/mol. The van der Waals surface area contributed by atoms with Crippen LogP contribution in [-0.2, 0) is 6.54 Å². The molecule has 2 aromatic rings. The van der Waals surface area contributed by atoms with E-state index in [1.165, 1.54) is 0 Å². The van der Waals surface area contributed by atoms with Crippen molar-refractivity contribution < 1.29 is 9.53 Å². The van der Waals surface area contributed by atoms with Crippen molar-refractivity contribution >= 4 is 29.1 Å². The number of hydrogen-bond acceptors (Lipinski definition) is 2. The van der Waals surface area contributed by atoms with E-state index in [1.54, 1.807) is 30.3 Å². The third-order valence-corrected chi connectivity index (χ3v) is 3.61.